The molecule has 1 saturated carbocycles. The lowest BCUT2D eigenvalue weighted by atomic mass is 9.84. The standard InChI is InChI=1S/C16H24N2O3S/c19-22(20,21)16-12-14(13-4-2-1-3-5-13)6-7-15(16)18-10-8-17-9-11-18/h6-7,12-13,17H,1-5,8-11H2,(H,19,20,21). The van der Waals surface area contributed by atoms with Crippen molar-refractivity contribution in [2.75, 3.05) is 31.1 Å². The van der Waals surface area contributed by atoms with Crippen LogP contribution in [-0.4, -0.2) is 39.1 Å². The van der Waals surface area contributed by atoms with Gasteiger partial charge in [0.2, 0.25) is 0 Å². The van der Waals surface area contributed by atoms with Gasteiger partial charge < -0.3 is 10.2 Å². The number of anilines is 1. The molecule has 122 valence electrons. The number of rotatable bonds is 3. The van der Waals surface area contributed by atoms with Crippen LogP contribution >= 0.6 is 0 Å². The summed E-state index contributed by atoms with van der Waals surface area (Å²) in [5, 5.41) is 3.25. The lowest BCUT2D eigenvalue weighted by Gasteiger charge is -2.31. The van der Waals surface area contributed by atoms with Gasteiger partial charge in [-0.3, -0.25) is 4.55 Å². The van der Waals surface area contributed by atoms with Gasteiger partial charge >= 0.3 is 0 Å². The fourth-order valence-corrected chi connectivity index (χ4v) is 4.34. The Labute approximate surface area is 132 Å². The second-order valence-electron chi connectivity index (χ2n) is 6.27. The Morgan fingerprint density at radius 3 is 2.41 bits per heavy atom. The first-order valence-corrected chi connectivity index (χ1v) is 9.57. The van der Waals surface area contributed by atoms with Gasteiger partial charge in [0, 0.05) is 26.2 Å². The molecule has 5 nitrogen and oxygen atoms in total. The van der Waals surface area contributed by atoms with Crippen LogP contribution in [0.15, 0.2) is 23.1 Å². The molecule has 1 aliphatic heterocycles. The third-order valence-electron chi connectivity index (χ3n) is 4.80. The van der Waals surface area contributed by atoms with E-state index in [9.17, 15) is 13.0 Å². The monoisotopic (exact) mass is 324 g/mol. The minimum Gasteiger partial charge on any atom is -0.368 e. The van der Waals surface area contributed by atoms with E-state index in [1.165, 1.54) is 19.3 Å². The van der Waals surface area contributed by atoms with Crippen LogP contribution in [-0.2, 0) is 10.1 Å². The maximum Gasteiger partial charge on any atom is 0.296 e. The molecular weight excluding hydrogens is 300 g/mol. The minimum atomic E-state index is -4.21. The molecule has 2 N–H and O–H groups in total. The molecule has 0 bridgehead atoms. The molecule has 0 radical (unpaired) electrons. The van der Waals surface area contributed by atoms with Crippen molar-refractivity contribution in [2.24, 2.45) is 0 Å². The summed E-state index contributed by atoms with van der Waals surface area (Å²) in [5.74, 6) is 0.423. The molecule has 1 heterocycles. The van der Waals surface area contributed by atoms with Crippen molar-refractivity contribution in [3.63, 3.8) is 0 Å². The highest BCUT2D eigenvalue weighted by atomic mass is 32.2. The number of nitrogens with one attached hydrogen (secondary N) is 1. The van der Waals surface area contributed by atoms with Crippen molar-refractivity contribution in [1.29, 1.82) is 0 Å². The number of hydrogen-bond donors (Lipinski definition) is 2. The minimum absolute atomic E-state index is 0.0671. The molecule has 0 unspecified atom stereocenters. The smallest absolute Gasteiger partial charge is 0.296 e. The predicted octanol–water partition coefficient (Wildman–Crippen LogP) is 2.39. The number of benzene rings is 1. The maximum absolute atomic E-state index is 11.8. The molecule has 0 aromatic heterocycles. The summed E-state index contributed by atoms with van der Waals surface area (Å²) in [4.78, 5) is 2.10. The summed E-state index contributed by atoms with van der Waals surface area (Å²) in [6, 6.07) is 5.61. The fourth-order valence-electron chi connectivity index (χ4n) is 3.59. The highest BCUT2D eigenvalue weighted by Gasteiger charge is 2.24. The fraction of sp³-hybridized carbons (Fsp3) is 0.625. The Kier molecular flexibility index (Phi) is 4.70. The van der Waals surface area contributed by atoms with Crippen LogP contribution in [0.25, 0.3) is 0 Å². The van der Waals surface area contributed by atoms with Crippen LogP contribution in [0.5, 0.6) is 0 Å². The molecule has 0 atom stereocenters. The van der Waals surface area contributed by atoms with Gasteiger partial charge in [-0.1, -0.05) is 25.3 Å². The highest BCUT2D eigenvalue weighted by molar-refractivity contribution is 7.86. The van der Waals surface area contributed by atoms with Crippen LogP contribution in [0.2, 0.25) is 0 Å². The number of piperazine rings is 1. The average Bonchev–Trinajstić information content (AvgIpc) is 2.55. The summed E-state index contributed by atoms with van der Waals surface area (Å²) < 4.78 is 33.3. The molecule has 1 saturated heterocycles. The van der Waals surface area contributed by atoms with E-state index in [1.807, 2.05) is 17.0 Å². The third kappa shape index (κ3) is 3.45. The number of nitrogens with zero attached hydrogens (tertiary/aromatic N) is 1. The van der Waals surface area contributed by atoms with E-state index in [0.717, 1.165) is 44.6 Å². The van der Waals surface area contributed by atoms with E-state index in [-0.39, 0.29) is 4.90 Å². The van der Waals surface area contributed by atoms with Gasteiger partial charge in [0.15, 0.2) is 0 Å². The molecule has 0 spiro atoms. The predicted molar refractivity (Wildman–Crippen MR) is 87.2 cm³/mol. The van der Waals surface area contributed by atoms with Crippen molar-refractivity contribution >= 4 is 15.8 Å². The summed E-state index contributed by atoms with van der Waals surface area (Å²) in [6.07, 6.45) is 5.88. The third-order valence-corrected chi connectivity index (χ3v) is 5.68. The molecule has 0 amide bonds. The SMILES string of the molecule is O=S(=O)(O)c1cc(C2CCCCC2)ccc1N1CCNCC1. The normalized spacial score (nSPS) is 21.0. The average molecular weight is 324 g/mol. The van der Waals surface area contributed by atoms with Crippen LogP contribution in [0.1, 0.15) is 43.6 Å². The Balaban J connectivity index is 1.96. The second-order valence-corrected chi connectivity index (χ2v) is 7.66. The van der Waals surface area contributed by atoms with E-state index in [0.29, 0.717) is 11.6 Å². The van der Waals surface area contributed by atoms with Gasteiger partial charge in [0.1, 0.15) is 4.90 Å². The van der Waals surface area contributed by atoms with Crippen molar-refractivity contribution in [2.45, 2.75) is 42.9 Å². The van der Waals surface area contributed by atoms with E-state index in [4.69, 9.17) is 0 Å². The highest BCUT2D eigenvalue weighted by Crippen LogP contribution is 2.36. The van der Waals surface area contributed by atoms with Gasteiger partial charge in [-0.05, 0) is 36.5 Å². The summed E-state index contributed by atoms with van der Waals surface area (Å²) in [5.41, 5.74) is 1.68. The van der Waals surface area contributed by atoms with Crippen LogP contribution in [0.3, 0.4) is 0 Å². The maximum atomic E-state index is 11.8. The van der Waals surface area contributed by atoms with Crippen molar-refractivity contribution in [3.05, 3.63) is 23.8 Å². The van der Waals surface area contributed by atoms with Gasteiger partial charge in [0.25, 0.3) is 10.1 Å². The van der Waals surface area contributed by atoms with Crippen molar-refractivity contribution in [3.8, 4) is 0 Å². The van der Waals surface area contributed by atoms with Crippen LogP contribution in [0, 0.1) is 0 Å². The zero-order valence-corrected chi connectivity index (χ0v) is 13.6. The van der Waals surface area contributed by atoms with Crippen molar-refractivity contribution < 1.29 is 13.0 Å². The van der Waals surface area contributed by atoms with Crippen LogP contribution < -0.4 is 10.2 Å². The van der Waals surface area contributed by atoms with E-state index in [2.05, 4.69) is 5.32 Å². The lowest BCUT2D eigenvalue weighted by Crippen LogP contribution is -2.44. The molecule has 3 rings (SSSR count). The Bertz CT molecular complexity index is 618. The molecule has 6 heteroatoms. The first-order valence-electron chi connectivity index (χ1n) is 8.13. The molecule has 22 heavy (non-hydrogen) atoms. The quantitative estimate of drug-likeness (QED) is 0.836. The zero-order valence-electron chi connectivity index (χ0n) is 12.8. The summed E-state index contributed by atoms with van der Waals surface area (Å²) >= 11 is 0. The molecule has 1 aliphatic carbocycles. The first kappa shape index (κ1) is 15.8. The Morgan fingerprint density at radius 2 is 1.77 bits per heavy atom. The molecule has 2 aliphatic rings. The Morgan fingerprint density at radius 1 is 1.09 bits per heavy atom. The van der Waals surface area contributed by atoms with Crippen molar-refractivity contribution in [1.82, 2.24) is 5.32 Å². The van der Waals surface area contributed by atoms with E-state index < -0.39 is 10.1 Å². The topological polar surface area (TPSA) is 69.6 Å². The molecule has 1 aromatic carbocycles. The molecule has 2 fully saturated rings. The second kappa shape index (κ2) is 6.56. The van der Waals surface area contributed by atoms with Gasteiger partial charge in [-0.2, -0.15) is 8.42 Å². The summed E-state index contributed by atoms with van der Waals surface area (Å²) in [7, 11) is -4.21. The first-order chi connectivity index (χ1) is 10.6. The van der Waals surface area contributed by atoms with E-state index >= 15 is 0 Å². The van der Waals surface area contributed by atoms with Gasteiger partial charge in [-0.15, -0.1) is 0 Å². The molecule has 1 aromatic rings. The van der Waals surface area contributed by atoms with Gasteiger partial charge in [0.05, 0.1) is 5.69 Å². The van der Waals surface area contributed by atoms with Crippen LogP contribution in [0.4, 0.5) is 5.69 Å². The number of hydrogen-bond acceptors (Lipinski definition) is 4. The zero-order chi connectivity index (χ0) is 15.6. The Hall–Kier alpha value is -1.11. The van der Waals surface area contributed by atoms with E-state index in [1.54, 1.807) is 6.07 Å². The summed E-state index contributed by atoms with van der Waals surface area (Å²) in [6.45, 7) is 3.17. The molecular formula is C16H24N2O3S. The lowest BCUT2D eigenvalue weighted by molar-refractivity contribution is 0.442. The largest absolute Gasteiger partial charge is 0.368 e. The van der Waals surface area contributed by atoms with Gasteiger partial charge in [-0.25, -0.2) is 0 Å².